The van der Waals surface area contributed by atoms with Crippen molar-refractivity contribution in [3.05, 3.63) is 65.7 Å². The van der Waals surface area contributed by atoms with Crippen molar-refractivity contribution in [2.45, 2.75) is 26.4 Å². The van der Waals surface area contributed by atoms with Crippen LogP contribution in [0.5, 0.6) is 0 Å². The Morgan fingerprint density at radius 3 is 2.04 bits per heavy atom. The quantitative estimate of drug-likeness (QED) is 0.725. The Morgan fingerprint density at radius 1 is 0.920 bits per heavy atom. The van der Waals surface area contributed by atoms with E-state index in [2.05, 4.69) is 10.6 Å². The Hall–Kier alpha value is -2.66. The van der Waals surface area contributed by atoms with Crippen molar-refractivity contribution in [3.8, 4) is 0 Å². The van der Waals surface area contributed by atoms with Crippen molar-refractivity contribution in [3.63, 3.8) is 0 Å². The van der Waals surface area contributed by atoms with E-state index in [1.165, 1.54) is 0 Å². The zero-order chi connectivity index (χ0) is 18.2. The lowest BCUT2D eigenvalue weighted by Gasteiger charge is -2.14. The van der Waals surface area contributed by atoms with Gasteiger partial charge in [-0.1, -0.05) is 32.0 Å². The van der Waals surface area contributed by atoms with Crippen molar-refractivity contribution >= 4 is 17.5 Å². The molecule has 25 heavy (non-hydrogen) atoms. The van der Waals surface area contributed by atoms with Crippen molar-refractivity contribution < 1.29 is 14.7 Å². The number of aliphatic hydroxyl groups is 1. The maximum atomic E-state index is 12.2. The number of rotatable bonds is 7. The maximum Gasteiger partial charge on any atom is 0.255 e. The van der Waals surface area contributed by atoms with Crippen LogP contribution in [0, 0.1) is 5.92 Å². The number of aliphatic hydroxyl groups excluding tert-OH is 1. The highest BCUT2D eigenvalue weighted by Gasteiger charge is 2.11. The van der Waals surface area contributed by atoms with Gasteiger partial charge in [0.15, 0.2) is 0 Å². The molecule has 0 aliphatic rings. The minimum Gasteiger partial charge on any atom is -0.393 e. The molecule has 0 bridgehead atoms. The smallest absolute Gasteiger partial charge is 0.255 e. The molecule has 0 fully saturated rings. The molecule has 0 heterocycles. The second-order valence-corrected chi connectivity index (χ2v) is 6.25. The Balaban J connectivity index is 1.88. The summed E-state index contributed by atoms with van der Waals surface area (Å²) in [5.74, 6) is -0.275. The van der Waals surface area contributed by atoms with E-state index in [4.69, 9.17) is 0 Å². The third-order valence-electron chi connectivity index (χ3n) is 3.94. The molecule has 132 valence electrons. The van der Waals surface area contributed by atoms with E-state index in [9.17, 15) is 14.7 Å². The van der Waals surface area contributed by atoms with Crippen LogP contribution in [0.1, 0.15) is 41.0 Å². The lowest BCUT2D eigenvalue weighted by Crippen LogP contribution is -2.28. The third-order valence-corrected chi connectivity index (χ3v) is 3.94. The van der Waals surface area contributed by atoms with Crippen LogP contribution in [0.15, 0.2) is 54.6 Å². The number of hydrogen-bond acceptors (Lipinski definition) is 3. The van der Waals surface area contributed by atoms with Crippen molar-refractivity contribution in [1.82, 2.24) is 5.32 Å². The Bertz CT molecular complexity index is 697. The highest BCUT2D eigenvalue weighted by atomic mass is 16.3. The molecular weight excluding hydrogens is 316 g/mol. The first-order chi connectivity index (χ1) is 12.0. The van der Waals surface area contributed by atoms with E-state index in [0.717, 1.165) is 5.69 Å². The number of benzene rings is 2. The zero-order valence-electron chi connectivity index (χ0n) is 14.5. The average molecular weight is 340 g/mol. The number of amides is 2. The largest absolute Gasteiger partial charge is 0.393 e. The summed E-state index contributed by atoms with van der Waals surface area (Å²) in [5.41, 5.74) is 1.68. The van der Waals surface area contributed by atoms with Crippen LogP contribution in [0.4, 0.5) is 5.69 Å². The summed E-state index contributed by atoms with van der Waals surface area (Å²) in [4.78, 5) is 24.2. The molecule has 0 saturated carbocycles. The van der Waals surface area contributed by atoms with Crippen molar-refractivity contribution in [2.75, 3.05) is 11.9 Å². The van der Waals surface area contributed by atoms with Gasteiger partial charge in [0.1, 0.15) is 0 Å². The summed E-state index contributed by atoms with van der Waals surface area (Å²) in [6.07, 6.45) is 0.0883. The standard InChI is InChI=1S/C20H24N2O3/c1-14(2)18(23)12-13-21-19(24)15-8-10-16(11-9-15)20(25)22-17-6-4-3-5-7-17/h3-11,14,18,23H,12-13H2,1-2H3,(H,21,24)(H,22,25). The molecule has 5 nitrogen and oxygen atoms in total. The molecule has 0 aliphatic carbocycles. The average Bonchev–Trinajstić information content (AvgIpc) is 2.62. The van der Waals surface area contributed by atoms with Gasteiger partial charge in [0.25, 0.3) is 11.8 Å². The molecule has 2 rings (SSSR count). The monoisotopic (exact) mass is 340 g/mol. The van der Waals surface area contributed by atoms with Gasteiger partial charge in [-0.05, 0) is 48.7 Å². The van der Waals surface area contributed by atoms with E-state index in [1.807, 2.05) is 44.2 Å². The molecule has 1 unspecified atom stereocenters. The molecule has 2 aromatic carbocycles. The van der Waals surface area contributed by atoms with Crippen LogP contribution in [0.25, 0.3) is 0 Å². The van der Waals surface area contributed by atoms with E-state index in [-0.39, 0.29) is 17.7 Å². The van der Waals surface area contributed by atoms with Crippen LogP contribution >= 0.6 is 0 Å². The predicted molar refractivity (Wildman–Crippen MR) is 98.6 cm³/mol. The van der Waals surface area contributed by atoms with E-state index >= 15 is 0 Å². The molecule has 1 atom stereocenters. The summed E-state index contributed by atoms with van der Waals surface area (Å²) in [6, 6.07) is 15.7. The number of carbonyl (C=O) groups excluding carboxylic acids is 2. The maximum absolute atomic E-state index is 12.2. The molecular formula is C20H24N2O3. The normalized spacial score (nSPS) is 11.8. The highest BCUT2D eigenvalue weighted by Crippen LogP contribution is 2.10. The van der Waals surface area contributed by atoms with Crippen LogP contribution in [0.2, 0.25) is 0 Å². The summed E-state index contributed by atoms with van der Waals surface area (Å²) in [6.45, 7) is 4.28. The molecule has 0 aromatic heterocycles. The lowest BCUT2D eigenvalue weighted by molar-refractivity contribution is 0.0918. The number of anilines is 1. The van der Waals surface area contributed by atoms with Gasteiger partial charge in [0.05, 0.1) is 6.10 Å². The first kappa shape index (κ1) is 18.7. The number of para-hydroxylation sites is 1. The zero-order valence-corrected chi connectivity index (χ0v) is 14.5. The van der Waals surface area contributed by atoms with Gasteiger partial charge in [-0.15, -0.1) is 0 Å². The van der Waals surface area contributed by atoms with E-state index in [0.29, 0.717) is 24.1 Å². The fourth-order valence-corrected chi connectivity index (χ4v) is 2.27. The topological polar surface area (TPSA) is 78.4 Å². The SMILES string of the molecule is CC(C)C(O)CCNC(=O)c1ccc(C(=O)Nc2ccccc2)cc1. The molecule has 5 heteroatoms. The Kier molecular flexibility index (Phi) is 6.71. The first-order valence-electron chi connectivity index (χ1n) is 8.40. The Labute approximate surface area is 148 Å². The molecule has 0 aliphatic heterocycles. The van der Waals surface area contributed by atoms with E-state index < -0.39 is 6.10 Å². The summed E-state index contributed by atoms with van der Waals surface area (Å²) < 4.78 is 0. The first-order valence-corrected chi connectivity index (χ1v) is 8.40. The fraction of sp³-hybridized carbons (Fsp3) is 0.300. The number of nitrogens with one attached hydrogen (secondary N) is 2. The molecule has 0 saturated heterocycles. The highest BCUT2D eigenvalue weighted by molar-refractivity contribution is 6.05. The summed E-state index contributed by atoms with van der Waals surface area (Å²) in [7, 11) is 0. The molecule has 0 spiro atoms. The van der Waals surface area contributed by atoms with Gasteiger partial charge < -0.3 is 15.7 Å². The van der Waals surface area contributed by atoms with Crippen molar-refractivity contribution in [1.29, 1.82) is 0 Å². The second kappa shape index (κ2) is 8.99. The minimum atomic E-state index is -0.427. The van der Waals surface area contributed by atoms with Crippen LogP contribution in [-0.4, -0.2) is 29.6 Å². The van der Waals surface area contributed by atoms with Crippen LogP contribution in [0.3, 0.4) is 0 Å². The van der Waals surface area contributed by atoms with Crippen LogP contribution in [-0.2, 0) is 0 Å². The molecule has 0 radical (unpaired) electrons. The van der Waals surface area contributed by atoms with Gasteiger partial charge in [0.2, 0.25) is 0 Å². The van der Waals surface area contributed by atoms with Gasteiger partial charge in [-0.3, -0.25) is 9.59 Å². The minimum absolute atomic E-state index is 0.166. The Morgan fingerprint density at radius 2 is 1.48 bits per heavy atom. The molecule has 2 aromatic rings. The number of carbonyl (C=O) groups is 2. The molecule has 3 N–H and O–H groups in total. The molecule has 2 amide bonds. The van der Waals surface area contributed by atoms with Gasteiger partial charge in [-0.25, -0.2) is 0 Å². The van der Waals surface area contributed by atoms with Gasteiger partial charge in [0, 0.05) is 23.4 Å². The lowest BCUT2D eigenvalue weighted by atomic mass is 10.0. The van der Waals surface area contributed by atoms with Crippen LogP contribution < -0.4 is 10.6 Å². The summed E-state index contributed by atoms with van der Waals surface area (Å²) >= 11 is 0. The number of hydrogen-bond donors (Lipinski definition) is 3. The second-order valence-electron chi connectivity index (χ2n) is 6.25. The van der Waals surface area contributed by atoms with Crippen molar-refractivity contribution in [2.24, 2.45) is 5.92 Å². The van der Waals surface area contributed by atoms with E-state index in [1.54, 1.807) is 24.3 Å². The van der Waals surface area contributed by atoms with Gasteiger partial charge >= 0.3 is 0 Å². The summed E-state index contributed by atoms with van der Waals surface area (Å²) in [5, 5.41) is 15.3. The third kappa shape index (κ3) is 5.72. The fourth-order valence-electron chi connectivity index (χ4n) is 2.27. The van der Waals surface area contributed by atoms with Gasteiger partial charge in [-0.2, -0.15) is 0 Å². The predicted octanol–water partition coefficient (Wildman–Crippen LogP) is 3.08.